The molecule has 0 radical (unpaired) electrons. The van der Waals surface area contributed by atoms with E-state index in [1.807, 2.05) is 6.92 Å². The van der Waals surface area contributed by atoms with E-state index in [2.05, 4.69) is 20.8 Å². The average Bonchev–Trinajstić information content (AvgIpc) is 2.95. The highest BCUT2D eigenvalue weighted by Crippen LogP contribution is 2.69. The van der Waals surface area contributed by atoms with Crippen molar-refractivity contribution in [1.29, 1.82) is 0 Å². The van der Waals surface area contributed by atoms with Gasteiger partial charge in [0, 0.05) is 18.9 Å². The first-order valence-electron chi connectivity index (χ1n) is 13.5. The molecule has 6 heteroatoms. The third kappa shape index (κ3) is 3.92. The van der Waals surface area contributed by atoms with Gasteiger partial charge in [-0.3, -0.25) is 0 Å². The summed E-state index contributed by atoms with van der Waals surface area (Å²) in [5.74, 6) is -0.211. The molecule has 0 aromatic rings. The largest absolute Gasteiger partial charge is 0.396 e. The van der Waals surface area contributed by atoms with E-state index in [9.17, 15) is 30.6 Å². The molecule has 0 heterocycles. The number of fused-ring (bicyclic) bond motifs is 5. The van der Waals surface area contributed by atoms with E-state index in [-0.39, 0.29) is 48.0 Å². The van der Waals surface area contributed by atoms with Gasteiger partial charge in [0.15, 0.2) is 0 Å². The summed E-state index contributed by atoms with van der Waals surface area (Å²) in [6.45, 7) is 8.70. The van der Waals surface area contributed by atoms with Crippen LogP contribution in [0.3, 0.4) is 0 Å². The molecule has 0 saturated heterocycles. The molecule has 4 fully saturated rings. The first kappa shape index (κ1) is 25.8. The van der Waals surface area contributed by atoms with Crippen LogP contribution in [0.15, 0.2) is 0 Å². The van der Waals surface area contributed by atoms with Gasteiger partial charge in [-0.25, -0.2) is 0 Å². The Morgan fingerprint density at radius 3 is 2.24 bits per heavy atom. The minimum Gasteiger partial charge on any atom is -0.396 e. The van der Waals surface area contributed by atoms with Gasteiger partial charge in [-0.1, -0.05) is 40.5 Å². The summed E-state index contributed by atoms with van der Waals surface area (Å²) < 4.78 is 0. The zero-order chi connectivity index (χ0) is 24.3. The minimum atomic E-state index is -1.22. The van der Waals surface area contributed by atoms with Crippen molar-refractivity contribution in [2.24, 2.45) is 46.3 Å². The Bertz CT molecular complexity index is 702. The Kier molecular flexibility index (Phi) is 7.05. The molecular weight excluding hydrogens is 420 g/mol. The van der Waals surface area contributed by atoms with Crippen molar-refractivity contribution in [2.45, 2.75) is 115 Å². The van der Waals surface area contributed by atoms with Crippen LogP contribution in [0.25, 0.3) is 0 Å². The Hall–Kier alpha value is -0.240. The Morgan fingerprint density at radius 1 is 0.909 bits per heavy atom. The van der Waals surface area contributed by atoms with Gasteiger partial charge in [-0.2, -0.15) is 0 Å². The lowest BCUT2D eigenvalue weighted by molar-refractivity contribution is -0.264. The normalized spacial score (nSPS) is 53.6. The predicted molar refractivity (Wildman–Crippen MR) is 126 cm³/mol. The van der Waals surface area contributed by atoms with E-state index in [1.165, 1.54) is 0 Å². The molecule has 192 valence electrons. The second-order valence-corrected chi connectivity index (χ2v) is 13.1. The van der Waals surface area contributed by atoms with Crippen LogP contribution < -0.4 is 0 Å². The minimum absolute atomic E-state index is 0.0393. The molecule has 4 saturated carbocycles. The van der Waals surface area contributed by atoms with E-state index in [0.29, 0.717) is 12.8 Å². The van der Waals surface area contributed by atoms with Crippen LogP contribution in [0, 0.1) is 46.3 Å². The maximum atomic E-state index is 12.3. The van der Waals surface area contributed by atoms with Crippen LogP contribution in [0.4, 0.5) is 0 Å². The van der Waals surface area contributed by atoms with E-state index in [0.717, 1.165) is 38.5 Å². The highest BCUT2D eigenvalue weighted by Gasteiger charge is 2.72. The summed E-state index contributed by atoms with van der Waals surface area (Å²) in [4.78, 5) is 0. The maximum absolute atomic E-state index is 12.3. The van der Waals surface area contributed by atoms with E-state index < -0.39 is 41.3 Å². The number of rotatable bonds is 6. The number of aliphatic hydroxyl groups excluding tert-OH is 5. The molecular formula is C27H48O6. The summed E-state index contributed by atoms with van der Waals surface area (Å²) in [5.41, 5.74) is -1.90. The van der Waals surface area contributed by atoms with Crippen molar-refractivity contribution < 1.29 is 30.6 Å². The summed E-state index contributed by atoms with van der Waals surface area (Å²) in [6.07, 6.45) is 3.75. The van der Waals surface area contributed by atoms with Gasteiger partial charge in [-0.15, -0.1) is 0 Å². The Labute approximate surface area is 199 Å². The molecule has 4 rings (SSSR count). The van der Waals surface area contributed by atoms with E-state index >= 15 is 0 Å². The summed E-state index contributed by atoms with van der Waals surface area (Å²) in [5, 5.41) is 65.7. The SMILES string of the molecule is CC(CO)CCC[C@@H](C)[C@H]1[C@@H](O)[C@@H](O)C2[C@]3(O)C[C@H](O)C4C[C@@H](O)CC[C@]4(C)C3CC[C@@]21C. The third-order valence-corrected chi connectivity index (χ3v) is 11.1. The average molecular weight is 469 g/mol. The van der Waals surface area contributed by atoms with Crippen molar-refractivity contribution in [3.8, 4) is 0 Å². The van der Waals surface area contributed by atoms with E-state index in [1.54, 1.807) is 0 Å². The van der Waals surface area contributed by atoms with Gasteiger partial charge in [0.05, 0.1) is 30.0 Å². The zero-order valence-corrected chi connectivity index (χ0v) is 21.0. The summed E-state index contributed by atoms with van der Waals surface area (Å²) >= 11 is 0. The zero-order valence-electron chi connectivity index (χ0n) is 21.0. The molecule has 4 aliphatic carbocycles. The predicted octanol–water partition coefficient (Wildman–Crippen LogP) is 2.47. The van der Waals surface area contributed by atoms with Gasteiger partial charge >= 0.3 is 0 Å². The van der Waals surface area contributed by atoms with Gasteiger partial charge in [0.25, 0.3) is 0 Å². The Balaban J connectivity index is 1.61. The second-order valence-electron chi connectivity index (χ2n) is 13.1. The van der Waals surface area contributed by atoms with E-state index in [4.69, 9.17) is 0 Å². The molecule has 6 N–H and O–H groups in total. The van der Waals surface area contributed by atoms with Crippen molar-refractivity contribution in [2.75, 3.05) is 6.61 Å². The number of aliphatic hydroxyl groups is 6. The van der Waals surface area contributed by atoms with Gasteiger partial charge in [0.1, 0.15) is 0 Å². The lowest BCUT2D eigenvalue weighted by Gasteiger charge is -2.65. The fraction of sp³-hybridized carbons (Fsp3) is 1.00. The number of hydrogen-bond donors (Lipinski definition) is 6. The van der Waals surface area contributed by atoms with Crippen LogP contribution in [0.1, 0.15) is 85.5 Å². The smallest absolute Gasteiger partial charge is 0.0863 e. The summed E-state index contributed by atoms with van der Waals surface area (Å²) in [7, 11) is 0. The van der Waals surface area contributed by atoms with Crippen LogP contribution in [0.2, 0.25) is 0 Å². The molecule has 13 atom stereocenters. The quantitative estimate of drug-likeness (QED) is 0.356. The topological polar surface area (TPSA) is 121 Å². The van der Waals surface area contributed by atoms with Gasteiger partial charge in [-0.05, 0) is 78.9 Å². The van der Waals surface area contributed by atoms with Crippen LogP contribution in [-0.2, 0) is 0 Å². The van der Waals surface area contributed by atoms with Crippen LogP contribution in [0.5, 0.6) is 0 Å². The molecule has 6 nitrogen and oxygen atoms in total. The first-order chi connectivity index (χ1) is 15.4. The third-order valence-electron chi connectivity index (χ3n) is 11.1. The van der Waals surface area contributed by atoms with Gasteiger partial charge < -0.3 is 30.6 Å². The summed E-state index contributed by atoms with van der Waals surface area (Å²) in [6, 6.07) is 0. The van der Waals surface area contributed by atoms with Crippen molar-refractivity contribution >= 4 is 0 Å². The van der Waals surface area contributed by atoms with Crippen molar-refractivity contribution in [3.63, 3.8) is 0 Å². The fourth-order valence-electron chi connectivity index (χ4n) is 9.57. The highest BCUT2D eigenvalue weighted by atomic mass is 16.3. The molecule has 33 heavy (non-hydrogen) atoms. The lowest BCUT2D eigenvalue weighted by Crippen LogP contribution is -2.68. The molecule has 0 bridgehead atoms. The van der Waals surface area contributed by atoms with Crippen LogP contribution >= 0.6 is 0 Å². The maximum Gasteiger partial charge on any atom is 0.0863 e. The van der Waals surface area contributed by atoms with Crippen molar-refractivity contribution in [1.82, 2.24) is 0 Å². The van der Waals surface area contributed by atoms with Gasteiger partial charge in [0.2, 0.25) is 0 Å². The first-order valence-corrected chi connectivity index (χ1v) is 13.5. The number of hydrogen-bond acceptors (Lipinski definition) is 6. The monoisotopic (exact) mass is 468 g/mol. The van der Waals surface area contributed by atoms with Crippen molar-refractivity contribution in [3.05, 3.63) is 0 Å². The molecule has 0 aromatic carbocycles. The molecule has 4 aliphatic rings. The lowest BCUT2D eigenvalue weighted by atomic mass is 9.42. The molecule has 4 unspecified atom stereocenters. The molecule has 0 amide bonds. The molecule has 0 aliphatic heterocycles. The standard InChI is InChI=1S/C27H48O6/c1-15(14-28)6-5-7-16(2)21-22(31)23(32)24-26(21,4)11-9-20-25(3)10-8-17(29)12-18(25)19(30)13-27(20,24)33/h15-24,28-33H,5-14H2,1-4H3/t15?,16-,17+,18?,19+,20?,21+,22-,23-,24?,25+,26-,27+/m1/s1. The second kappa shape index (κ2) is 9.01. The Morgan fingerprint density at radius 2 is 1.58 bits per heavy atom. The fourth-order valence-corrected chi connectivity index (χ4v) is 9.57. The van der Waals surface area contributed by atoms with Crippen LogP contribution in [-0.4, -0.2) is 67.3 Å². The molecule has 0 aromatic heterocycles. The molecule has 0 spiro atoms. The highest BCUT2D eigenvalue weighted by molar-refractivity contribution is 5.21.